The average molecular weight is 405 g/mol. The molecule has 1 fully saturated rings. The number of nitrogens with zero attached hydrogens (tertiary/aromatic N) is 1. The Labute approximate surface area is 170 Å². The largest absolute Gasteiger partial charge is 0.489 e. The van der Waals surface area contributed by atoms with E-state index in [1.165, 1.54) is 6.92 Å². The van der Waals surface area contributed by atoms with Crippen LogP contribution in [0.15, 0.2) is 48.5 Å². The van der Waals surface area contributed by atoms with E-state index in [0.29, 0.717) is 23.0 Å². The molecule has 1 aliphatic rings. The lowest BCUT2D eigenvalue weighted by Gasteiger charge is -2.21. The number of aliphatic hydroxyl groups is 1. The van der Waals surface area contributed by atoms with Crippen LogP contribution in [0.1, 0.15) is 13.3 Å². The molecule has 2 aromatic carbocycles. The molecule has 0 radical (unpaired) electrons. The van der Waals surface area contributed by atoms with Crippen molar-refractivity contribution < 1.29 is 19.4 Å². The number of β-amino-alcohol motifs (C(OH)–C–C–N with tert-alkyl or cyclic N) is 1. The summed E-state index contributed by atoms with van der Waals surface area (Å²) in [5, 5.41) is 13.7. The maximum absolute atomic E-state index is 11.3. The fourth-order valence-electron chi connectivity index (χ4n) is 3.19. The van der Waals surface area contributed by atoms with Gasteiger partial charge in [-0.15, -0.1) is 0 Å². The molecule has 0 spiro atoms. The summed E-state index contributed by atoms with van der Waals surface area (Å²) in [7, 11) is 0. The van der Waals surface area contributed by atoms with Crippen LogP contribution in [0.3, 0.4) is 0 Å². The van der Waals surface area contributed by atoms with Gasteiger partial charge < -0.3 is 19.9 Å². The zero-order valence-electron chi connectivity index (χ0n) is 15.8. The van der Waals surface area contributed by atoms with Crippen LogP contribution in [0.2, 0.25) is 5.02 Å². The molecule has 2 aromatic rings. The molecule has 2 atom stereocenters. The highest BCUT2D eigenvalue weighted by atomic mass is 35.5. The highest BCUT2D eigenvalue weighted by Crippen LogP contribution is 2.24. The van der Waals surface area contributed by atoms with Gasteiger partial charge in [-0.2, -0.15) is 0 Å². The van der Waals surface area contributed by atoms with Crippen LogP contribution in [-0.4, -0.2) is 54.4 Å². The second-order valence-corrected chi connectivity index (χ2v) is 7.32. The van der Waals surface area contributed by atoms with Crippen molar-refractivity contribution >= 4 is 23.2 Å². The van der Waals surface area contributed by atoms with E-state index in [-0.39, 0.29) is 18.6 Å². The number of nitrogens with one attached hydrogen (secondary N) is 1. The van der Waals surface area contributed by atoms with E-state index >= 15 is 0 Å². The number of hydrogen-bond donors (Lipinski definition) is 2. The maximum Gasteiger partial charge on any atom is 0.221 e. The third-order valence-corrected chi connectivity index (χ3v) is 4.70. The van der Waals surface area contributed by atoms with E-state index in [1.54, 1.807) is 12.1 Å². The Morgan fingerprint density at radius 1 is 1.29 bits per heavy atom. The number of hydrogen-bond acceptors (Lipinski definition) is 5. The SMILES string of the molecule is CC(=O)Nc1ccccc1OC[C@@H](O)CN1CC[C@H](Oc2ccc(Cl)cc2)C1. The van der Waals surface area contributed by atoms with E-state index in [1.807, 2.05) is 36.4 Å². The first-order valence-electron chi connectivity index (χ1n) is 9.31. The molecule has 1 heterocycles. The van der Waals surface area contributed by atoms with E-state index in [0.717, 1.165) is 25.3 Å². The molecule has 1 aliphatic heterocycles. The lowest BCUT2D eigenvalue weighted by molar-refractivity contribution is -0.114. The summed E-state index contributed by atoms with van der Waals surface area (Å²) >= 11 is 5.89. The first kappa shape index (κ1) is 20.5. The monoisotopic (exact) mass is 404 g/mol. The molecule has 0 aliphatic carbocycles. The van der Waals surface area contributed by atoms with E-state index in [9.17, 15) is 9.90 Å². The molecule has 0 saturated carbocycles. The average Bonchev–Trinajstić information content (AvgIpc) is 3.09. The minimum atomic E-state index is -0.639. The number of anilines is 1. The van der Waals surface area contributed by atoms with Gasteiger partial charge in [0.1, 0.15) is 30.3 Å². The van der Waals surface area contributed by atoms with Crippen molar-refractivity contribution in [2.24, 2.45) is 0 Å². The Bertz CT molecular complexity index is 784. The van der Waals surface area contributed by atoms with Crippen LogP contribution in [0, 0.1) is 0 Å². The summed E-state index contributed by atoms with van der Waals surface area (Å²) in [6.07, 6.45) is 0.358. The molecule has 0 aromatic heterocycles. The van der Waals surface area contributed by atoms with Gasteiger partial charge >= 0.3 is 0 Å². The van der Waals surface area contributed by atoms with Crippen molar-refractivity contribution in [1.29, 1.82) is 0 Å². The zero-order chi connectivity index (χ0) is 19.9. The van der Waals surface area contributed by atoms with Crippen LogP contribution < -0.4 is 14.8 Å². The fourth-order valence-corrected chi connectivity index (χ4v) is 3.31. The number of rotatable bonds is 8. The van der Waals surface area contributed by atoms with Crippen molar-refractivity contribution in [3.05, 3.63) is 53.6 Å². The van der Waals surface area contributed by atoms with Gasteiger partial charge in [0.25, 0.3) is 0 Å². The van der Waals surface area contributed by atoms with Crippen LogP contribution >= 0.6 is 11.6 Å². The van der Waals surface area contributed by atoms with Gasteiger partial charge in [0.05, 0.1) is 5.69 Å². The highest BCUT2D eigenvalue weighted by molar-refractivity contribution is 6.30. The topological polar surface area (TPSA) is 71.0 Å². The Hall–Kier alpha value is -2.28. The van der Waals surface area contributed by atoms with Crippen LogP contribution in [0.5, 0.6) is 11.5 Å². The van der Waals surface area contributed by atoms with Crippen molar-refractivity contribution in [2.45, 2.75) is 25.6 Å². The van der Waals surface area contributed by atoms with E-state index in [4.69, 9.17) is 21.1 Å². The Balaban J connectivity index is 1.44. The van der Waals surface area contributed by atoms with E-state index in [2.05, 4.69) is 10.2 Å². The molecule has 150 valence electrons. The number of benzene rings is 2. The number of likely N-dealkylation sites (tertiary alicyclic amines) is 1. The predicted molar refractivity (Wildman–Crippen MR) is 109 cm³/mol. The smallest absolute Gasteiger partial charge is 0.221 e. The van der Waals surface area contributed by atoms with Crippen molar-refractivity contribution in [1.82, 2.24) is 4.90 Å². The standard InChI is InChI=1S/C21H25ClN2O4/c1-15(25)23-20-4-2-3-5-21(20)27-14-17(26)12-24-11-10-19(13-24)28-18-8-6-16(22)7-9-18/h2-9,17,19,26H,10-14H2,1H3,(H,23,25)/t17-,19-/m0/s1. The highest BCUT2D eigenvalue weighted by Gasteiger charge is 2.25. The number of ether oxygens (including phenoxy) is 2. The molecule has 7 heteroatoms. The fraction of sp³-hybridized carbons (Fsp3) is 0.381. The summed E-state index contributed by atoms with van der Waals surface area (Å²) < 4.78 is 11.7. The van der Waals surface area contributed by atoms with Gasteiger partial charge in [-0.1, -0.05) is 23.7 Å². The summed E-state index contributed by atoms with van der Waals surface area (Å²) in [5.41, 5.74) is 0.597. The number of aliphatic hydroxyl groups excluding tert-OH is 1. The molecule has 1 amide bonds. The molecule has 6 nitrogen and oxygen atoms in total. The summed E-state index contributed by atoms with van der Waals surface area (Å²) in [4.78, 5) is 13.4. The van der Waals surface area contributed by atoms with Gasteiger partial charge in [0.2, 0.25) is 5.91 Å². The van der Waals surface area contributed by atoms with Crippen LogP contribution in [0.4, 0.5) is 5.69 Å². The number of para-hydroxylation sites is 2. The van der Waals surface area contributed by atoms with Crippen LogP contribution in [0.25, 0.3) is 0 Å². The molecule has 1 saturated heterocycles. The predicted octanol–water partition coefficient (Wildman–Crippen LogP) is 3.19. The Morgan fingerprint density at radius 3 is 2.79 bits per heavy atom. The third-order valence-electron chi connectivity index (χ3n) is 4.44. The van der Waals surface area contributed by atoms with Crippen molar-refractivity contribution in [3.63, 3.8) is 0 Å². The molecular formula is C21H25ClN2O4. The van der Waals surface area contributed by atoms with Crippen molar-refractivity contribution in [2.75, 3.05) is 31.6 Å². The summed E-state index contributed by atoms with van der Waals surface area (Å²) in [6, 6.07) is 14.5. The van der Waals surface area contributed by atoms with Gasteiger partial charge in [-0.05, 0) is 42.8 Å². The normalized spacial score (nSPS) is 17.9. The quantitative estimate of drug-likeness (QED) is 0.707. The van der Waals surface area contributed by atoms with E-state index < -0.39 is 6.10 Å². The maximum atomic E-state index is 11.3. The molecule has 28 heavy (non-hydrogen) atoms. The summed E-state index contributed by atoms with van der Waals surface area (Å²) in [6.45, 7) is 3.71. The second-order valence-electron chi connectivity index (χ2n) is 6.88. The minimum absolute atomic E-state index is 0.0924. The van der Waals surface area contributed by atoms with Crippen molar-refractivity contribution in [3.8, 4) is 11.5 Å². The first-order valence-corrected chi connectivity index (χ1v) is 9.69. The lowest BCUT2D eigenvalue weighted by Crippen LogP contribution is -2.35. The molecule has 2 N–H and O–H groups in total. The third kappa shape index (κ3) is 6.12. The number of halogens is 1. The molecular weight excluding hydrogens is 380 g/mol. The number of carbonyl (C=O) groups is 1. The van der Waals surface area contributed by atoms with Crippen LogP contribution in [-0.2, 0) is 4.79 Å². The van der Waals surface area contributed by atoms with Gasteiger partial charge in [0.15, 0.2) is 0 Å². The Morgan fingerprint density at radius 2 is 2.04 bits per heavy atom. The van der Waals surface area contributed by atoms with Gasteiger partial charge in [-0.25, -0.2) is 0 Å². The number of carbonyl (C=O) groups excluding carboxylic acids is 1. The summed E-state index contributed by atoms with van der Waals surface area (Å²) in [5.74, 6) is 1.18. The lowest BCUT2D eigenvalue weighted by atomic mass is 10.3. The van der Waals surface area contributed by atoms with Gasteiger partial charge in [0, 0.05) is 31.6 Å². The Kier molecular flexibility index (Phi) is 7.14. The molecule has 0 unspecified atom stereocenters. The number of amides is 1. The molecule has 0 bridgehead atoms. The second kappa shape index (κ2) is 9.78. The zero-order valence-corrected chi connectivity index (χ0v) is 16.6. The minimum Gasteiger partial charge on any atom is -0.489 e. The van der Waals surface area contributed by atoms with Gasteiger partial charge in [-0.3, -0.25) is 9.69 Å². The molecule has 3 rings (SSSR count). The first-order chi connectivity index (χ1) is 13.5.